The van der Waals surface area contributed by atoms with Gasteiger partial charge in [-0.1, -0.05) is 6.92 Å². The van der Waals surface area contributed by atoms with Gasteiger partial charge in [-0.15, -0.1) is 0 Å². The van der Waals surface area contributed by atoms with E-state index in [1.54, 1.807) is 0 Å². The van der Waals surface area contributed by atoms with Crippen molar-refractivity contribution in [1.82, 2.24) is 19.7 Å². The van der Waals surface area contributed by atoms with Crippen LogP contribution in [0.5, 0.6) is 0 Å². The molecule has 2 rings (SSSR count). The van der Waals surface area contributed by atoms with Gasteiger partial charge in [0, 0.05) is 24.0 Å². The largest absolute Gasteiger partial charge is 0.354 e. The SMILES string of the molecule is CCNc1ncc(C)c(-n2nc(C)c(CC)c2C)n1. The number of aromatic nitrogens is 4. The molecule has 0 fully saturated rings. The molecule has 0 amide bonds. The van der Waals surface area contributed by atoms with E-state index in [9.17, 15) is 0 Å². The number of aryl methyl sites for hydroxylation is 2. The normalized spacial score (nSPS) is 10.8. The number of hydrogen-bond donors (Lipinski definition) is 1. The third-order valence-corrected chi connectivity index (χ3v) is 3.28. The smallest absolute Gasteiger partial charge is 0.224 e. The summed E-state index contributed by atoms with van der Waals surface area (Å²) in [7, 11) is 0. The van der Waals surface area contributed by atoms with Gasteiger partial charge in [0.1, 0.15) is 0 Å². The Morgan fingerprint density at radius 1 is 1.21 bits per heavy atom. The Bertz CT molecular complexity index is 586. The topological polar surface area (TPSA) is 55.6 Å². The van der Waals surface area contributed by atoms with Crippen molar-refractivity contribution < 1.29 is 0 Å². The van der Waals surface area contributed by atoms with E-state index >= 15 is 0 Å². The lowest BCUT2D eigenvalue weighted by molar-refractivity contribution is 0.792. The summed E-state index contributed by atoms with van der Waals surface area (Å²) in [6.07, 6.45) is 2.82. The summed E-state index contributed by atoms with van der Waals surface area (Å²) in [6.45, 7) is 11.1. The van der Waals surface area contributed by atoms with Gasteiger partial charge >= 0.3 is 0 Å². The predicted octanol–water partition coefficient (Wildman–Crippen LogP) is 2.58. The first kappa shape index (κ1) is 13.5. The molecular weight excluding hydrogens is 238 g/mol. The molecule has 2 aromatic rings. The maximum Gasteiger partial charge on any atom is 0.224 e. The van der Waals surface area contributed by atoms with Crippen LogP contribution in [0.2, 0.25) is 0 Å². The van der Waals surface area contributed by atoms with Crippen molar-refractivity contribution in [2.45, 2.75) is 41.0 Å². The standard InChI is InChI=1S/C14H21N5/c1-6-12-10(4)18-19(11(12)5)13-9(3)8-16-14(17-13)15-7-2/h8H,6-7H2,1-5H3,(H,15,16,17). The van der Waals surface area contributed by atoms with E-state index in [-0.39, 0.29) is 0 Å². The zero-order chi connectivity index (χ0) is 14.0. The Kier molecular flexibility index (Phi) is 3.83. The lowest BCUT2D eigenvalue weighted by Gasteiger charge is -2.09. The summed E-state index contributed by atoms with van der Waals surface area (Å²) < 4.78 is 1.92. The third kappa shape index (κ3) is 2.45. The zero-order valence-corrected chi connectivity index (χ0v) is 12.3. The Labute approximate surface area is 114 Å². The Morgan fingerprint density at radius 3 is 2.53 bits per heavy atom. The van der Waals surface area contributed by atoms with Crippen molar-refractivity contribution in [1.29, 1.82) is 0 Å². The molecule has 0 spiro atoms. The van der Waals surface area contributed by atoms with Gasteiger partial charge in [0.2, 0.25) is 5.95 Å². The molecule has 0 aliphatic rings. The lowest BCUT2D eigenvalue weighted by atomic mass is 10.1. The minimum atomic E-state index is 0.647. The molecule has 0 aliphatic heterocycles. The first-order valence-corrected chi connectivity index (χ1v) is 6.71. The summed E-state index contributed by atoms with van der Waals surface area (Å²) in [5, 5.41) is 7.75. The van der Waals surface area contributed by atoms with E-state index < -0.39 is 0 Å². The lowest BCUT2D eigenvalue weighted by Crippen LogP contribution is -2.09. The quantitative estimate of drug-likeness (QED) is 0.917. The second-order valence-corrected chi connectivity index (χ2v) is 4.65. The summed E-state index contributed by atoms with van der Waals surface area (Å²) in [5.74, 6) is 1.50. The maximum absolute atomic E-state index is 4.61. The molecule has 2 heterocycles. The number of anilines is 1. The van der Waals surface area contributed by atoms with E-state index in [0.29, 0.717) is 5.95 Å². The predicted molar refractivity (Wildman–Crippen MR) is 76.9 cm³/mol. The molecule has 1 N–H and O–H groups in total. The fraction of sp³-hybridized carbons (Fsp3) is 0.500. The van der Waals surface area contributed by atoms with Crippen LogP contribution in [-0.2, 0) is 6.42 Å². The Morgan fingerprint density at radius 2 is 1.95 bits per heavy atom. The zero-order valence-electron chi connectivity index (χ0n) is 12.3. The molecule has 0 aliphatic carbocycles. The van der Waals surface area contributed by atoms with Crippen LogP contribution in [0.15, 0.2) is 6.20 Å². The second kappa shape index (κ2) is 5.38. The van der Waals surface area contributed by atoms with Crippen LogP contribution in [0.1, 0.15) is 36.4 Å². The van der Waals surface area contributed by atoms with Crippen molar-refractivity contribution in [3.8, 4) is 5.82 Å². The number of rotatable bonds is 4. The van der Waals surface area contributed by atoms with Crippen LogP contribution in [0, 0.1) is 20.8 Å². The van der Waals surface area contributed by atoms with Crippen molar-refractivity contribution in [2.75, 3.05) is 11.9 Å². The van der Waals surface area contributed by atoms with Gasteiger partial charge in [-0.3, -0.25) is 0 Å². The number of nitrogens with one attached hydrogen (secondary N) is 1. The van der Waals surface area contributed by atoms with Gasteiger partial charge in [0.25, 0.3) is 0 Å². The highest BCUT2D eigenvalue weighted by Crippen LogP contribution is 2.19. The Balaban J connectivity index is 2.54. The van der Waals surface area contributed by atoms with E-state index in [4.69, 9.17) is 0 Å². The fourth-order valence-corrected chi connectivity index (χ4v) is 2.28. The van der Waals surface area contributed by atoms with Gasteiger partial charge in [-0.05, 0) is 39.7 Å². The van der Waals surface area contributed by atoms with Crippen molar-refractivity contribution in [3.63, 3.8) is 0 Å². The molecule has 0 aromatic carbocycles. The molecule has 0 atom stereocenters. The van der Waals surface area contributed by atoms with Crippen LogP contribution in [0.4, 0.5) is 5.95 Å². The minimum Gasteiger partial charge on any atom is -0.354 e. The molecular formula is C14H21N5. The van der Waals surface area contributed by atoms with E-state index in [1.807, 2.05) is 31.6 Å². The van der Waals surface area contributed by atoms with E-state index in [1.165, 1.54) is 5.56 Å². The average Bonchev–Trinajstić information content (AvgIpc) is 2.67. The third-order valence-electron chi connectivity index (χ3n) is 3.28. The molecule has 19 heavy (non-hydrogen) atoms. The van der Waals surface area contributed by atoms with Crippen molar-refractivity contribution in [3.05, 3.63) is 28.7 Å². The van der Waals surface area contributed by atoms with Crippen LogP contribution in [0.3, 0.4) is 0 Å². The molecule has 0 radical (unpaired) electrons. The van der Waals surface area contributed by atoms with Crippen LogP contribution >= 0.6 is 0 Å². The van der Waals surface area contributed by atoms with Crippen molar-refractivity contribution in [2.24, 2.45) is 0 Å². The van der Waals surface area contributed by atoms with E-state index in [2.05, 4.69) is 34.2 Å². The maximum atomic E-state index is 4.61. The summed E-state index contributed by atoms with van der Waals surface area (Å²) in [5.41, 5.74) is 4.55. The molecule has 102 valence electrons. The highest BCUT2D eigenvalue weighted by atomic mass is 15.3. The molecule has 0 bridgehead atoms. The second-order valence-electron chi connectivity index (χ2n) is 4.65. The summed E-state index contributed by atoms with van der Waals surface area (Å²) in [6, 6.07) is 0. The highest BCUT2D eigenvalue weighted by molar-refractivity contribution is 5.40. The van der Waals surface area contributed by atoms with Gasteiger partial charge in [0.15, 0.2) is 5.82 Å². The first-order chi connectivity index (χ1) is 9.08. The molecule has 5 heteroatoms. The first-order valence-electron chi connectivity index (χ1n) is 6.71. The van der Waals surface area contributed by atoms with Gasteiger partial charge in [0.05, 0.1) is 5.69 Å². The minimum absolute atomic E-state index is 0.647. The summed E-state index contributed by atoms with van der Waals surface area (Å²) >= 11 is 0. The molecule has 0 saturated carbocycles. The van der Waals surface area contributed by atoms with Crippen LogP contribution in [0.25, 0.3) is 5.82 Å². The highest BCUT2D eigenvalue weighted by Gasteiger charge is 2.14. The van der Waals surface area contributed by atoms with E-state index in [0.717, 1.165) is 35.7 Å². The molecule has 5 nitrogen and oxygen atoms in total. The van der Waals surface area contributed by atoms with Gasteiger partial charge in [-0.2, -0.15) is 10.1 Å². The molecule has 2 aromatic heterocycles. The average molecular weight is 259 g/mol. The van der Waals surface area contributed by atoms with Gasteiger partial charge < -0.3 is 5.32 Å². The number of nitrogens with zero attached hydrogens (tertiary/aromatic N) is 4. The Hall–Kier alpha value is -1.91. The summed E-state index contributed by atoms with van der Waals surface area (Å²) in [4.78, 5) is 8.83. The van der Waals surface area contributed by atoms with Gasteiger partial charge in [-0.25, -0.2) is 9.67 Å². The fourth-order valence-electron chi connectivity index (χ4n) is 2.28. The molecule has 0 saturated heterocycles. The van der Waals surface area contributed by atoms with Crippen LogP contribution in [-0.4, -0.2) is 26.3 Å². The monoisotopic (exact) mass is 259 g/mol. The van der Waals surface area contributed by atoms with Crippen LogP contribution < -0.4 is 5.32 Å². The van der Waals surface area contributed by atoms with Crippen molar-refractivity contribution >= 4 is 5.95 Å². The number of hydrogen-bond acceptors (Lipinski definition) is 4. The molecule has 0 unspecified atom stereocenters.